The molecule has 0 spiro atoms. The highest BCUT2D eigenvalue weighted by Crippen LogP contribution is 2.26. The predicted octanol–water partition coefficient (Wildman–Crippen LogP) is 3.84. The van der Waals surface area contributed by atoms with Gasteiger partial charge in [-0.05, 0) is 32.7 Å². The summed E-state index contributed by atoms with van der Waals surface area (Å²) in [7, 11) is 0. The largest absolute Gasteiger partial charge is 0.330 e. The lowest BCUT2D eigenvalue weighted by Crippen LogP contribution is -2.18. The van der Waals surface area contributed by atoms with E-state index in [-0.39, 0.29) is 0 Å². The summed E-state index contributed by atoms with van der Waals surface area (Å²) in [4.78, 5) is 4.36. The zero-order valence-corrected chi connectivity index (χ0v) is 11.9. The van der Waals surface area contributed by atoms with Crippen molar-refractivity contribution in [3.63, 3.8) is 0 Å². The minimum Gasteiger partial charge on any atom is -0.330 e. The van der Waals surface area contributed by atoms with Crippen LogP contribution in [-0.4, -0.2) is 16.1 Å². The third-order valence-electron chi connectivity index (χ3n) is 4.06. The van der Waals surface area contributed by atoms with E-state index in [2.05, 4.69) is 28.7 Å². The average molecular weight is 249 g/mol. The monoisotopic (exact) mass is 249 g/mol. The molecule has 2 atom stereocenters. The van der Waals surface area contributed by atoms with E-state index in [0.717, 1.165) is 6.54 Å². The van der Waals surface area contributed by atoms with Gasteiger partial charge in [0.05, 0.1) is 12.0 Å². The molecule has 1 aliphatic heterocycles. The Bertz CT molecular complexity index is 339. The average Bonchev–Trinajstić information content (AvgIpc) is 3.02. The third kappa shape index (κ3) is 3.35. The van der Waals surface area contributed by atoms with Crippen molar-refractivity contribution in [2.75, 3.05) is 6.54 Å². The lowest BCUT2D eigenvalue weighted by atomic mass is 10.1. The second-order valence-electron chi connectivity index (χ2n) is 5.57. The molecule has 1 aromatic heterocycles. The van der Waals surface area contributed by atoms with Gasteiger partial charge < -0.3 is 9.88 Å². The molecular weight excluding hydrogens is 222 g/mol. The van der Waals surface area contributed by atoms with Crippen LogP contribution in [0.5, 0.6) is 0 Å². The van der Waals surface area contributed by atoms with Crippen molar-refractivity contribution in [2.45, 2.75) is 70.9 Å². The number of imidazole rings is 1. The third-order valence-corrected chi connectivity index (χ3v) is 4.06. The van der Waals surface area contributed by atoms with Gasteiger partial charge in [0.1, 0.15) is 0 Å². The number of aromatic nitrogens is 2. The summed E-state index contributed by atoms with van der Waals surface area (Å²) in [6, 6.07) is 1.12. The molecule has 0 bridgehead atoms. The van der Waals surface area contributed by atoms with Gasteiger partial charge >= 0.3 is 0 Å². The molecule has 18 heavy (non-hydrogen) atoms. The van der Waals surface area contributed by atoms with Crippen LogP contribution < -0.4 is 5.32 Å². The van der Waals surface area contributed by atoms with Gasteiger partial charge in [-0.1, -0.05) is 32.6 Å². The van der Waals surface area contributed by atoms with Gasteiger partial charge in [-0.15, -0.1) is 0 Å². The van der Waals surface area contributed by atoms with Gasteiger partial charge in [0, 0.05) is 18.3 Å². The van der Waals surface area contributed by atoms with Gasteiger partial charge in [-0.2, -0.15) is 0 Å². The number of hydrogen-bond donors (Lipinski definition) is 1. The quantitative estimate of drug-likeness (QED) is 0.744. The Hall–Kier alpha value is -0.830. The van der Waals surface area contributed by atoms with Crippen molar-refractivity contribution in [3.8, 4) is 0 Å². The second-order valence-corrected chi connectivity index (χ2v) is 5.57. The molecule has 0 aliphatic carbocycles. The highest BCUT2D eigenvalue weighted by Gasteiger charge is 2.21. The van der Waals surface area contributed by atoms with Gasteiger partial charge in [-0.25, -0.2) is 4.98 Å². The number of nitrogens with zero attached hydrogens (tertiary/aromatic N) is 2. The lowest BCUT2D eigenvalue weighted by Gasteiger charge is -2.20. The first-order valence-corrected chi connectivity index (χ1v) is 7.58. The van der Waals surface area contributed by atoms with Crippen LogP contribution in [-0.2, 0) is 0 Å². The molecule has 1 aliphatic rings. The molecule has 1 N–H and O–H groups in total. The standard InChI is InChI=1S/C15H27N3/c1-3-4-5-6-8-13(2)18-12-16-11-15(18)14-9-7-10-17-14/h11-14,17H,3-10H2,1-2H3. The fourth-order valence-electron chi connectivity index (χ4n) is 2.90. The molecule has 2 heterocycles. The molecule has 0 saturated carbocycles. The van der Waals surface area contributed by atoms with Crippen LogP contribution in [0.1, 0.15) is 76.6 Å². The summed E-state index contributed by atoms with van der Waals surface area (Å²) < 4.78 is 2.38. The topological polar surface area (TPSA) is 29.9 Å². The summed E-state index contributed by atoms with van der Waals surface area (Å²) in [5, 5.41) is 3.57. The molecular formula is C15H27N3. The molecule has 102 valence electrons. The number of nitrogens with one attached hydrogen (secondary N) is 1. The van der Waals surface area contributed by atoms with Gasteiger partial charge in [0.15, 0.2) is 0 Å². The summed E-state index contributed by atoms with van der Waals surface area (Å²) in [6.45, 7) is 5.75. The minimum absolute atomic E-state index is 0.533. The number of unbranched alkanes of at least 4 members (excludes halogenated alkanes) is 3. The van der Waals surface area contributed by atoms with E-state index in [1.165, 1.54) is 50.6 Å². The second kappa shape index (κ2) is 6.93. The maximum atomic E-state index is 4.36. The first kappa shape index (κ1) is 13.6. The van der Waals surface area contributed by atoms with E-state index >= 15 is 0 Å². The van der Waals surface area contributed by atoms with Crippen LogP contribution in [0.15, 0.2) is 12.5 Å². The van der Waals surface area contributed by atoms with Crippen LogP contribution in [0, 0.1) is 0 Å². The molecule has 3 heteroatoms. The molecule has 1 fully saturated rings. The summed E-state index contributed by atoms with van der Waals surface area (Å²) in [6.07, 6.45) is 13.3. The SMILES string of the molecule is CCCCCCC(C)n1cncc1C1CCCN1. The van der Waals surface area contributed by atoms with E-state index in [1.54, 1.807) is 0 Å². The van der Waals surface area contributed by atoms with E-state index in [4.69, 9.17) is 0 Å². The fraction of sp³-hybridized carbons (Fsp3) is 0.800. The number of rotatable bonds is 7. The lowest BCUT2D eigenvalue weighted by molar-refractivity contribution is 0.443. The van der Waals surface area contributed by atoms with Crippen LogP contribution in [0.3, 0.4) is 0 Å². The van der Waals surface area contributed by atoms with Crippen molar-refractivity contribution in [1.29, 1.82) is 0 Å². The summed E-state index contributed by atoms with van der Waals surface area (Å²) >= 11 is 0. The smallest absolute Gasteiger partial charge is 0.0951 e. The Morgan fingerprint density at radius 2 is 2.33 bits per heavy atom. The maximum Gasteiger partial charge on any atom is 0.0951 e. The number of hydrogen-bond acceptors (Lipinski definition) is 2. The Balaban J connectivity index is 1.89. The molecule has 1 aromatic rings. The molecule has 0 aromatic carbocycles. The van der Waals surface area contributed by atoms with E-state index in [0.29, 0.717) is 12.1 Å². The van der Waals surface area contributed by atoms with Crippen LogP contribution in [0.4, 0.5) is 0 Å². The highest BCUT2D eigenvalue weighted by atomic mass is 15.1. The minimum atomic E-state index is 0.533. The molecule has 2 unspecified atom stereocenters. The van der Waals surface area contributed by atoms with Crippen LogP contribution in [0.25, 0.3) is 0 Å². The summed E-state index contributed by atoms with van der Waals surface area (Å²) in [5.41, 5.74) is 1.38. The van der Waals surface area contributed by atoms with Crippen molar-refractivity contribution in [3.05, 3.63) is 18.2 Å². The van der Waals surface area contributed by atoms with Crippen LogP contribution >= 0.6 is 0 Å². The zero-order chi connectivity index (χ0) is 12.8. The van der Waals surface area contributed by atoms with E-state index in [9.17, 15) is 0 Å². The van der Waals surface area contributed by atoms with Crippen molar-refractivity contribution >= 4 is 0 Å². The van der Waals surface area contributed by atoms with Gasteiger partial charge in [0.2, 0.25) is 0 Å². The van der Waals surface area contributed by atoms with E-state index < -0.39 is 0 Å². The molecule has 2 rings (SSSR count). The molecule has 0 amide bonds. The molecule has 1 saturated heterocycles. The first-order chi connectivity index (χ1) is 8.83. The highest BCUT2D eigenvalue weighted by molar-refractivity contribution is 5.08. The Morgan fingerprint density at radius 1 is 1.44 bits per heavy atom. The van der Waals surface area contributed by atoms with Crippen molar-refractivity contribution < 1.29 is 0 Å². The maximum absolute atomic E-state index is 4.36. The Kier molecular flexibility index (Phi) is 5.24. The molecule has 3 nitrogen and oxygen atoms in total. The zero-order valence-electron chi connectivity index (χ0n) is 11.9. The molecule has 0 radical (unpaired) electrons. The van der Waals surface area contributed by atoms with Gasteiger partial charge in [0.25, 0.3) is 0 Å². The van der Waals surface area contributed by atoms with E-state index in [1.807, 2.05) is 12.5 Å². The normalized spacial score (nSPS) is 21.3. The first-order valence-electron chi connectivity index (χ1n) is 7.58. The van der Waals surface area contributed by atoms with Crippen molar-refractivity contribution in [2.24, 2.45) is 0 Å². The predicted molar refractivity (Wildman–Crippen MR) is 75.7 cm³/mol. The van der Waals surface area contributed by atoms with Crippen molar-refractivity contribution in [1.82, 2.24) is 14.9 Å². The van der Waals surface area contributed by atoms with Gasteiger partial charge in [-0.3, -0.25) is 0 Å². The summed E-state index contributed by atoms with van der Waals surface area (Å²) in [5.74, 6) is 0. The Labute approximate surface area is 111 Å². The Morgan fingerprint density at radius 3 is 3.06 bits per heavy atom. The fourth-order valence-corrected chi connectivity index (χ4v) is 2.90. The van der Waals surface area contributed by atoms with Crippen LogP contribution in [0.2, 0.25) is 0 Å².